The van der Waals surface area contributed by atoms with Crippen LogP contribution in [0.4, 0.5) is 0 Å². The summed E-state index contributed by atoms with van der Waals surface area (Å²) in [5.74, 6) is -2.33. The first-order chi connectivity index (χ1) is 41.6. The van der Waals surface area contributed by atoms with E-state index in [0.29, 0.717) is 24.2 Å². The van der Waals surface area contributed by atoms with E-state index in [1.807, 2.05) is 32.0 Å². The summed E-state index contributed by atoms with van der Waals surface area (Å²) >= 11 is 3.36. The van der Waals surface area contributed by atoms with Crippen molar-refractivity contribution < 1.29 is 138 Å². The van der Waals surface area contributed by atoms with E-state index in [0.717, 1.165) is 36.8 Å². The minimum absolute atomic E-state index is 0. The fourth-order valence-electron chi connectivity index (χ4n) is 9.18. The van der Waals surface area contributed by atoms with E-state index in [-0.39, 0.29) is 84.7 Å². The van der Waals surface area contributed by atoms with Gasteiger partial charge in [0.15, 0.2) is 43.1 Å². The van der Waals surface area contributed by atoms with E-state index in [1.165, 1.54) is 68.5 Å². The zero-order chi connectivity index (χ0) is 64.1. The van der Waals surface area contributed by atoms with Crippen LogP contribution in [0.1, 0.15) is 90.0 Å². The van der Waals surface area contributed by atoms with Gasteiger partial charge in [-0.05, 0) is 42.7 Å². The van der Waals surface area contributed by atoms with Crippen LogP contribution < -0.4 is 39.9 Å². The number of aromatic amines is 1. The standard InChI is InChI=1S/C20H23N3O7.C15H17N3O6.C14H18N2O7.C7H7Br.CH4O.H3N.2Y/c1-4-15-17(28-12(2)24)18(29-13(3)25)19(30-15)22-10-8-16(26)23(20(22)27)11-14-7-5-6-9-21-14;19-8-10-12(21)13(22)14(24-10)17-6-4-11(20)18(15(17)23)7-9-3-1-2-5-16-9;1-4-9-11(21-7(2)17)12(22-8(3)18)13(23-9)16-6-5-10(19)15-14(16)20;8-6-7-4-2-1-3-5-7;1-2;;;/h5-10,15,17-19H,4,11H2,1-3H3;1-6,10,12-14,19,21-22H,7-8H2;5-6,9,11-13H,4H2,1-3H3,(H,15,19,20);1-5H,6H2;2H,1H3;1H3;;/t15-,17?,18+,19-;10-,12?,13+,14-;9-,11?,12+,13-;;;;;/m111...../s1. The van der Waals surface area contributed by atoms with E-state index in [1.54, 1.807) is 48.8 Å². The van der Waals surface area contributed by atoms with Crippen molar-refractivity contribution in [2.45, 2.75) is 146 Å². The maximum absolute atomic E-state index is 13.1. The molecule has 3 fully saturated rings. The number of aliphatic hydroxyl groups is 4. The Morgan fingerprint density at radius 1 is 0.544 bits per heavy atom. The Morgan fingerprint density at radius 2 is 0.933 bits per heavy atom. The predicted molar refractivity (Wildman–Crippen MR) is 314 cm³/mol. The van der Waals surface area contributed by atoms with Crippen molar-refractivity contribution in [3.63, 3.8) is 0 Å². The summed E-state index contributed by atoms with van der Waals surface area (Å²) in [5.41, 5.74) is -1.28. The number of esters is 4. The number of pyridine rings is 2. The number of aliphatic hydroxyl groups excluding tert-OH is 4. The van der Waals surface area contributed by atoms with Gasteiger partial charge in [0.1, 0.15) is 30.5 Å². The first-order valence-electron chi connectivity index (χ1n) is 27.0. The number of nitrogens with zero attached hydrogens (tertiary/aromatic N) is 7. The molecule has 1 aromatic carbocycles. The maximum atomic E-state index is 13.1. The van der Waals surface area contributed by atoms with E-state index in [9.17, 15) is 58.2 Å². The average molecular weight is 1480 g/mol. The van der Waals surface area contributed by atoms with Crippen molar-refractivity contribution in [2.75, 3.05) is 13.7 Å². The Morgan fingerprint density at radius 3 is 1.29 bits per heavy atom. The summed E-state index contributed by atoms with van der Waals surface area (Å²) in [6, 6.07) is 24.1. The Balaban J connectivity index is 0.000000423. The molecule has 0 bridgehead atoms. The second-order valence-electron chi connectivity index (χ2n) is 19.1. The van der Waals surface area contributed by atoms with Gasteiger partial charge in [-0.1, -0.05) is 72.2 Å². The van der Waals surface area contributed by atoms with Crippen molar-refractivity contribution in [1.82, 2.24) is 43.9 Å². The number of hydrogen-bond acceptors (Lipinski definition) is 24. The fourth-order valence-corrected chi connectivity index (χ4v) is 9.55. The van der Waals surface area contributed by atoms with E-state index < -0.39 is 138 Å². The molecular weight excluding hydrogens is 1400 g/mol. The SMILES string of the molecule is BrCc1ccccc1.CC[C@H]1O[C@@H](n2ccc(=O)[nH]c2=O)[C@@H](OC(C)=O)C1OC(C)=O.CC[C@H]1O[C@@H](n2ccc(=O)n(Cc3ccccn3)c2=O)[C@@H](OC(C)=O)C1OC(C)=O.CO.N.O=c1ccn([C@@H]2O[C@H](CO)C(O)[C@@H]2O)c(=O)n1Cc1ccccn1.[Y].[Y]. The van der Waals surface area contributed by atoms with Crippen molar-refractivity contribution in [2.24, 2.45) is 0 Å². The third-order valence-electron chi connectivity index (χ3n) is 13.1. The molecule has 484 valence electrons. The molecule has 6 aromatic rings. The molecule has 3 aliphatic heterocycles. The average Bonchev–Trinajstić information content (AvgIpc) is 2.13. The monoisotopic (exact) mass is 1480 g/mol. The number of alkyl halides is 1. The van der Waals surface area contributed by atoms with E-state index in [2.05, 4.69) is 43.0 Å². The molecule has 2 radical (unpaired) electrons. The summed E-state index contributed by atoms with van der Waals surface area (Å²) in [7, 11) is 1.00. The third kappa shape index (κ3) is 21.7. The van der Waals surface area contributed by atoms with Crippen molar-refractivity contribution >= 4 is 39.8 Å². The molecule has 0 aliphatic carbocycles. The first kappa shape index (κ1) is 79.9. The number of rotatable bonds is 15. The van der Waals surface area contributed by atoms with Gasteiger partial charge in [0.25, 0.3) is 16.7 Å². The van der Waals surface area contributed by atoms with Crippen LogP contribution in [0.3, 0.4) is 0 Å². The Labute approximate surface area is 572 Å². The Kier molecular flexibility index (Phi) is 34.9. The fraction of sp³-hybridized carbons (Fsp3) is 0.439. The molecule has 90 heavy (non-hydrogen) atoms. The molecule has 9 rings (SSSR count). The molecule has 5 aromatic heterocycles. The maximum Gasteiger partial charge on any atom is 0.333 e. The van der Waals surface area contributed by atoms with Crippen LogP contribution in [0, 0.1) is 0 Å². The first-order valence-corrected chi connectivity index (χ1v) is 28.1. The Hall–Kier alpha value is -6.19. The van der Waals surface area contributed by atoms with E-state index >= 15 is 0 Å². The normalized spacial score (nSPS) is 22.5. The molecule has 3 aliphatic rings. The minimum Gasteiger partial charge on any atom is -0.456 e. The quantitative estimate of drug-likeness (QED) is 0.0469. The number of halogens is 1. The number of benzene rings is 1. The Bertz CT molecular complexity index is 3600. The van der Waals surface area contributed by atoms with Crippen LogP contribution in [-0.2, 0) is 136 Å². The van der Waals surface area contributed by atoms with Crippen LogP contribution in [0.2, 0.25) is 0 Å². The van der Waals surface area contributed by atoms with Crippen molar-refractivity contribution in [3.8, 4) is 0 Å². The van der Waals surface area contributed by atoms with Crippen LogP contribution >= 0.6 is 15.9 Å². The number of H-pyrrole nitrogens is 1. The molecule has 0 spiro atoms. The van der Waals surface area contributed by atoms with Gasteiger partial charge in [-0.3, -0.25) is 71.3 Å². The molecule has 12 atom stereocenters. The van der Waals surface area contributed by atoms with Gasteiger partial charge in [-0.2, -0.15) is 0 Å². The summed E-state index contributed by atoms with van der Waals surface area (Å²) in [5, 5.41) is 36.9. The summed E-state index contributed by atoms with van der Waals surface area (Å²) in [4.78, 5) is 129. The second-order valence-corrected chi connectivity index (χ2v) is 19.7. The number of ether oxygens (including phenoxy) is 7. The summed E-state index contributed by atoms with van der Waals surface area (Å²) in [6.45, 7) is 7.95. The molecule has 3 saturated heterocycles. The van der Waals surface area contributed by atoms with Gasteiger partial charge in [0, 0.05) is 155 Å². The number of nitrogens with one attached hydrogen (secondary N) is 1. The topological polar surface area (TPSA) is 417 Å². The zero-order valence-corrected chi connectivity index (χ0v) is 57.5. The van der Waals surface area contributed by atoms with Crippen molar-refractivity contribution in [1.29, 1.82) is 0 Å². The molecule has 8 N–H and O–H groups in total. The molecule has 0 amide bonds. The van der Waals surface area contributed by atoms with Crippen LogP contribution in [0.15, 0.2) is 145 Å². The number of hydrogen-bond donors (Lipinski definition) is 6. The van der Waals surface area contributed by atoms with Crippen LogP contribution in [0.25, 0.3) is 0 Å². The zero-order valence-electron chi connectivity index (χ0n) is 50.2. The molecule has 3 unspecified atom stereocenters. The smallest absolute Gasteiger partial charge is 0.333 e. The van der Waals surface area contributed by atoms with Gasteiger partial charge < -0.3 is 59.7 Å². The van der Waals surface area contributed by atoms with Gasteiger partial charge in [-0.25, -0.2) is 14.4 Å². The molecular formula is C57H72BrN9O21Y2. The molecule has 8 heterocycles. The largest absolute Gasteiger partial charge is 0.456 e. The van der Waals surface area contributed by atoms with Crippen LogP contribution in [0.5, 0.6) is 0 Å². The van der Waals surface area contributed by atoms with Gasteiger partial charge in [0.2, 0.25) is 0 Å². The summed E-state index contributed by atoms with van der Waals surface area (Å²) in [6.07, 6.45) is -4.15. The summed E-state index contributed by atoms with van der Waals surface area (Å²) < 4.78 is 43.4. The van der Waals surface area contributed by atoms with Crippen molar-refractivity contribution in [3.05, 3.63) is 195 Å². The minimum atomic E-state index is -1.40. The molecule has 0 saturated carbocycles. The third-order valence-corrected chi connectivity index (χ3v) is 13.7. The second kappa shape index (κ2) is 39.3. The number of carbonyl (C=O) groups is 4. The number of aromatic nitrogens is 8. The predicted octanol–water partition coefficient (Wildman–Crippen LogP) is 0.743. The van der Waals surface area contributed by atoms with Crippen LogP contribution in [-0.4, -0.2) is 151 Å². The molecule has 30 nitrogen and oxygen atoms in total. The van der Waals surface area contributed by atoms with E-state index in [4.69, 9.17) is 43.4 Å². The number of carbonyl (C=O) groups excluding carboxylic acids is 4. The van der Waals surface area contributed by atoms with Gasteiger partial charge in [0.05, 0.1) is 31.1 Å². The van der Waals surface area contributed by atoms with Gasteiger partial charge in [-0.15, -0.1) is 0 Å². The molecule has 33 heteroatoms. The van der Waals surface area contributed by atoms with Gasteiger partial charge >= 0.3 is 40.9 Å².